The zero-order valence-electron chi connectivity index (χ0n) is 19.2. The molecule has 1 atom stereocenters. The van der Waals surface area contributed by atoms with Crippen LogP contribution in [0.5, 0.6) is 0 Å². The zero-order valence-corrected chi connectivity index (χ0v) is 19.2. The Morgan fingerprint density at radius 2 is 1.97 bits per heavy atom. The van der Waals surface area contributed by atoms with Crippen molar-refractivity contribution < 1.29 is 9.52 Å². The van der Waals surface area contributed by atoms with E-state index >= 15 is 0 Å². The second-order valence-corrected chi connectivity index (χ2v) is 7.91. The summed E-state index contributed by atoms with van der Waals surface area (Å²) in [6.45, 7) is 4.10. The van der Waals surface area contributed by atoms with Gasteiger partial charge in [0.05, 0.1) is 29.3 Å². The summed E-state index contributed by atoms with van der Waals surface area (Å²) < 4.78 is 7.32. The molecule has 0 spiro atoms. The Balaban J connectivity index is 1.51. The molecule has 0 fully saturated rings. The minimum atomic E-state index is -0.373. The van der Waals surface area contributed by atoms with Crippen LogP contribution >= 0.6 is 0 Å². The van der Waals surface area contributed by atoms with Crippen molar-refractivity contribution in [2.24, 2.45) is 0 Å². The Morgan fingerprint density at radius 3 is 2.69 bits per heavy atom. The first kappa shape index (κ1) is 22.3. The predicted molar refractivity (Wildman–Crippen MR) is 131 cm³/mol. The Labute approximate surface area is 199 Å². The molecular weight excluding hydrogens is 448 g/mol. The minimum Gasteiger partial charge on any atom is -0.421 e. The molecule has 5 rings (SSSR count). The monoisotopic (exact) mass is 472 g/mol. The predicted octanol–water partition coefficient (Wildman–Crippen LogP) is 3.39. The van der Waals surface area contributed by atoms with Gasteiger partial charge in [-0.15, -0.1) is 10.2 Å². The highest BCUT2D eigenvalue weighted by atomic mass is 16.4. The molecule has 0 saturated carbocycles. The maximum atomic E-state index is 12.1. The minimum absolute atomic E-state index is 0.127. The van der Waals surface area contributed by atoms with Gasteiger partial charge in [0.1, 0.15) is 11.6 Å². The van der Waals surface area contributed by atoms with Crippen molar-refractivity contribution in [3.8, 4) is 11.5 Å². The number of anilines is 3. The quantitative estimate of drug-likeness (QED) is 0.267. The van der Waals surface area contributed by atoms with Crippen molar-refractivity contribution in [1.82, 2.24) is 29.9 Å². The number of aromatic amines is 1. The van der Waals surface area contributed by atoms with Gasteiger partial charge >= 0.3 is 0 Å². The number of H-pyrrole nitrogens is 1. The molecule has 0 aliphatic heterocycles. The van der Waals surface area contributed by atoms with Crippen molar-refractivity contribution in [2.45, 2.75) is 26.4 Å². The average Bonchev–Trinajstić information content (AvgIpc) is 3.45. The van der Waals surface area contributed by atoms with Crippen molar-refractivity contribution in [2.75, 3.05) is 17.2 Å². The molecule has 178 valence electrons. The molecule has 1 aromatic carbocycles. The molecule has 0 unspecified atom stereocenters. The number of benzene rings is 1. The molecule has 0 aliphatic rings. The smallest absolute Gasteiger partial charge is 0.273 e. The maximum Gasteiger partial charge on any atom is 0.273 e. The van der Waals surface area contributed by atoms with Crippen LogP contribution in [-0.4, -0.2) is 41.7 Å². The maximum absolute atomic E-state index is 12.1. The lowest BCUT2D eigenvalue weighted by atomic mass is 10.1. The van der Waals surface area contributed by atoms with E-state index in [-0.39, 0.29) is 18.2 Å². The standard InChI is InChI=1S/C24H24N8O3/c1-3-32-22-16(23(34)31-32)9-10-20(28-22)27-21-11-18(17(12-25-21)24-30-29-14(2)35-24)26-19(13-33)15-7-5-4-6-8-15/h4-12,19,33H,3,13H2,1-2H3,(H,31,34)(H2,25,26,27,28)/t19-/m1/s1. The van der Waals surface area contributed by atoms with Gasteiger partial charge in [0.25, 0.3) is 11.4 Å². The third kappa shape index (κ3) is 4.49. The van der Waals surface area contributed by atoms with E-state index in [0.717, 1.165) is 5.56 Å². The van der Waals surface area contributed by atoms with E-state index in [4.69, 9.17) is 4.42 Å². The normalized spacial score (nSPS) is 12.1. The second kappa shape index (κ2) is 9.39. The fourth-order valence-corrected chi connectivity index (χ4v) is 3.82. The summed E-state index contributed by atoms with van der Waals surface area (Å²) in [6, 6.07) is 14.5. The molecule has 0 amide bonds. The van der Waals surface area contributed by atoms with Crippen LogP contribution in [0.25, 0.3) is 22.5 Å². The average molecular weight is 473 g/mol. The van der Waals surface area contributed by atoms with E-state index in [1.165, 1.54) is 0 Å². The highest BCUT2D eigenvalue weighted by Gasteiger charge is 2.18. The van der Waals surface area contributed by atoms with E-state index in [1.54, 1.807) is 36.0 Å². The molecule has 0 bridgehead atoms. The summed E-state index contributed by atoms with van der Waals surface area (Å²) in [5.74, 6) is 1.78. The van der Waals surface area contributed by atoms with Crippen LogP contribution in [-0.2, 0) is 6.54 Å². The first-order chi connectivity index (χ1) is 17.1. The lowest BCUT2D eigenvalue weighted by Gasteiger charge is -2.20. The summed E-state index contributed by atoms with van der Waals surface area (Å²) >= 11 is 0. The van der Waals surface area contributed by atoms with Crippen LogP contribution in [0.1, 0.15) is 24.4 Å². The number of aryl methyl sites for hydroxylation is 2. The van der Waals surface area contributed by atoms with E-state index in [0.29, 0.717) is 52.2 Å². The van der Waals surface area contributed by atoms with Crippen LogP contribution < -0.4 is 16.2 Å². The molecule has 11 heteroatoms. The molecule has 4 N–H and O–H groups in total. The van der Waals surface area contributed by atoms with Crippen molar-refractivity contribution in [3.63, 3.8) is 0 Å². The fourth-order valence-electron chi connectivity index (χ4n) is 3.82. The molecule has 4 heterocycles. The van der Waals surface area contributed by atoms with Gasteiger partial charge in [-0.25, -0.2) is 9.97 Å². The molecule has 11 nitrogen and oxygen atoms in total. The molecular formula is C24H24N8O3. The van der Waals surface area contributed by atoms with Crippen LogP contribution in [0, 0.1) is 6.92 Å². The van der Waals surface area contributed by atoms with Crippen LogP contribution in [0.2, 0.25) is 0 Å². The molecule has 35 heavy (non-hydrogen) atoms. The summed E-state index contributed by atoms with van der Waals surface area (Å²) in [5, 5.41) is 28.0. The third-order valence-corrected chi connectivity index (χ3v) is 5.56. The summed E-state index contributed by atoms with van der Waals surface area (Å²) in [7, 11) is 0. The lowest BCUT2D eigenvalue weighted by Crippen LogP contribution is -2.15. The molecule has 4 aromatic heterocycles. The van der Waals surface area contributed by atoms with Gasteiger partial charge < -0.3 is 20.2 Å². The van der Waals surface area contributed by atoms with Crippen molar-refractivity contribution in [1.29, 1.82) is 0 Å². The van der Waals surface area contributed by atoms with Gasteiger partial charge in [-0.3, -0.25) is 14.6 Å². The molecule has 0 radical (unpaired) electrons. The molecule has 0 aliphatic carbocycles. The Morgan fingerprint density at radius 1 is 1.14 bits per heavy atom. The van der Waals surface area contributed by atoms with E-state index in [1.807, 2.05) is 37.3 Å². The number of rotatable bonds is 8. The lowest BCUT2D eigenvalue weighted by molar-refractivity contribution is 0.276. The topological polar surface area (TPSA) is 147 Å². The largest absolute Gasteiger partial charge is 0.421 e. The zero-order chi connectivity index (χ0) is 24.4. The first-order valence-electron chi connectivity index (χ1n) is 11.1. The highest BCUT2D eigenvalue weighted by Crippen LogP contribution is 2.32. The van der Waals surface area contributed by atoms with Crippen molar-refractivity contribution in [3.05, 3.63) is 76.5 Å². The van der Waals surface area contributed by atoms with Crippen LogP contribution in [0.3, 0.4) is 0 Å². The number of aliphatic hydroxyl groups excluding tert-OH is 1. The molecule has 0 saturated heterocycles. The highest BCUT2D eigenvalue weighted by molar-refractivity contribution is 5.78. The number of hydrogen-bond donors (Lipinski definition) is 4. The molecule has 5 aromatic rings. The van der Waals surface area contributed by atoms with Crippen LogP contribution in [0.4, 0.5) is 17.3 Å². The van der Waals surface area contributed by atoms with E-state index < -0.39 is 0 Å². The fraction of sp³-hybridized carbons (Fsp3) is 0.208. The number of nitrogens with zero attached hydrogens (tertiary/aromatic N) is 5. The van der Waals surface area contributed by atoms with Crippen LogP contribution in [0.15, 0.2) is 63.9 Å². The SMILES string of the molecule is CCn1[nH]c(=O)c2ccc(Nc3cc(N[C@H](CO)c4ccccc4)c(-c4nnc(C)o4)cn3)nc21. The van der Waals surface area contributed by atoms with E-state index in [2.05, 4.69) is 35.9 Å². The number of aliphatic hydroxyl groups is 1. The van der Waals surface area contributed by atoms with E-state index in [9.17, 15) is 9.90 Å². The van der Waals surface area contributed by atoms with Gasteiger partial charge in [0, 0.05) is 25.7 Å². The Kier molecular flexibility index (Phi) is 5.98. The number of nitrogens with one attached hydrogen (secondary N) is 3. The summed E-state index contributed by atoms with van der Waals surface area (Å²) in [6.07, 6.45) is 1.62. The van der Waals surface area contributed by atoms with Gasteiger partial charge in [-0.2, -0.15) is 0 Å². The number of hydrogen-bond acceptors (Lipinski definition) is 9. The number of fused-ring (bicyclic) bond motifs is 1. The Hall–Kier alpha value is -4.51. The number of pyridine rings is 2. The summed E-state index contributed by atoms with van der Waals surface area (Å²) in [4.78, 5) is 21.2. The Bertz CT molecular complexity index is 1520. The third-order valence-electron chi connectivity index (χ3n) is 5.56. The van der Waals surface area contributed by atoms with Gasteiger partial charge in [-0.05, 0) is 24.6 Å². The second-order valence-electron chi connectivity index (χ2n) is 7.91. The first-order valence-corrected chi connectivity index (χ1v) is 11.1. The van der Waals surface area contributed by atoms with Crippen molar-refractivity contribution >= 4 is 28.4 Å². The summed E-state index contributed by atoms with van der Waals surface area (Å²) in [5.41, 5.74) is 2.54. The number of aromatic nitrogens is 6. The van der Waals surface area contributed by atoms with Gasteiger partial charge in [-0.1, -0.05) is 30.3 Å². The van der Waals surface area contributed by atoms with Gasteiger partial charge in [0.15, 0.2) is 5.65 Å². The van der Waals surface area contributed by atoms with Gasteiger partial charge in [0.2, 0.25) is 5.89 Å².